The zero-order valence-electron chi connectivity index (χ0n) is 11.2. The summed E-state index contributed by atoms with van der Waals surface area (Å²) in [7, 11) is 4.10. The predicted octanol–water partition coefficient (Wildman–Crippen LogP) is 0.619. The number of nitrogens with zero attached hydrogens (tertiary/aromatic N) is 2. The molecule has 4 nitrogen and oxygen atoms in total. The van der Waals surface area contributed by atoms with Crippen LogP contribution >= 0.6 is 11.8 Å². The van der Waals surface area contributed by atoms with E-state index >= 15 is 0 Å². The lowest BCUT2D eigenvalue weighted by molar-refractivity contribution is -0.133. The van der Waals surface area contributed by atoms with Gasteiger partial charge in [-0.05, 0) is 45.4 Å². The molecule has 0 bridgehead atoms. The van der Waals surface area contributed by atoms with Gasteiger partial charge in [0.15, 0.2) is 0 Å². The summed E-state index contributed by atoms with van der Waals surface area (Å²) in [4.78, 5) is 16.3. The molecule has 1 saturated heterocycles. The Balaban J connectivity index is 2.49. The molecule has 2 atom stereocenters. The van der Waals surface area contributed by atoms with Crippen molar-refractivity contribution in [2.45, 2.75) is 31.3 Å². The number of hydrogen-bond acceptors (Lipinski definition) is 4. The second kappa shape index (κ2) is 7.24. The summed E-state index contributed by atoms with van der Waals surface area (Å²) in [6.45, 7) is 1.82. The molecule has 1 heterocycles. The molecule has 1 unspecified atom stereocenters. The third-order valence-electron chi connectivity index (χ3n) is 3.19. The third kappa shape index (κ3) is 4.48. The fraction of sp³-hybridized carbons (Fsp3) is 0.917. The van der Waals surface area contributed by atoms with Crippen LogP contribution in [-0.4, -0.2) is 67.0 Å². The maximum Gasteiger partial charge on any atom is 0.239 e. The fourth-order valence-corrected chi connectivity index (χ4v) is 2.81. The molecule has 0 aromatic rings. The molecule has 100 valence electrons. The highest BCUT2D eigenvalue weighted by Crippen LogP contribution is 2.19. The second-order valence-corrected chi connectivity index (χ2v) is 5.96. The molecule has 0 aliphatic carbocycles. The summed E-state index contributed by atoms with van der Waals surface area (Å²) in [5, 5.41) is 0. The Morgan fingerprint density at radius 3 is 2.88 bits per heavy atom. The molecule has 0 spiro atoms. The van der Waals surface area contributed by atoms with Crippen LogP contribution in [0.25, 0.3) is 0 Å². The maximum absolute atomic E-state index is 12.2. The van der Waals surface area contributed by atoms with E-state index in [-0.39, 0.29) is 11.9 Å². The predicted molar refractivity (Wildman–Crippen MR) is 74.3 cm³/mol. The number of likely N-dealkylation sites (tertiary alicyclic amines) is 1. The Bertz CT molecular complexity index is 248. The monoisotopic (exact) mass is 259 g/mol. The van der Waals surface area contributed by atoms with Gasteiger partial charge in [-0.15, -0.1) is 0 Å². The summed E-state index contributed by atoms with van der Waals surface area (Å²) in [6.07, 6.45) is 5.05. The number of likely N-dealkylation sites (N-methyl/N-ethyl adjacent to an activating group) is 1. The van der Waals surface area contributed by atoms with Gasteiger partial charge in [0, 0.05) is 19.1 Å². The number of carbonyl (C=O) groups is 1. The molecule has 0 aromatic carbocycles. The van der Waals surface area contributed by atoms with E-state index in [2.05, 4.69) is 19.0 Å². The molecular weight excluding hydrogens is 234 g/mol. The molecule has 0 saturated carbocycles. The van der Waals surface area contributed by atoms with Crippen molar-refractivity contribution in [1.82, 2.24) is 9.80 Å². The van der Waals surface area contributed by atoms with Gasteiger partial charge in [0.25, 0.3) is 0 Å². The highest BCUT2D eigenvalue weighted by atomic mass is 32.2. The highest BCUT2D eigenvalue weighted by molar-refractivity contribution is 7.98. The summed E-state index contributed by atoms with van der Waals surface area (Å²) in [6, 6.07) is 0.0445. The van der Waals surface area contributed by atoms with Crippen LogP contribution in [0.5, 0.6) is 0 Å². The van der Waals surface area contributed by atoms with E-state index in [9.17, 15) is 4.79 Å². The number of nitrogens with two attached hydrogens (primary N) is 1. The molecule has 5 heteroatoms. The van der Waals surface area contributed by atoms with Gasteiger partial charge >= 0.3 is 0 Å². The van der Waals surface area contributed by atoms with E-state index in [1.54, 1.807) is 11.8 Å². The lowest BCUT2D eigenvalue weighted by Crippen LogP contribution is -2.48. The first-order valence-electron chi connectivity index (χ1n) is 6.26. The van der Waals surface area contributed by atoms with Crippen LogP contribution in [0.15, 0.2) is 0 Å². The van der Waals surface area contributed by atoms with Crippen LogP contribution in [0.3, 0.4) is 0 Å². The van der Waals surface area contributed by atoms with E-state index < -0.39 is 0 Å². The number of rotatable bonds is 6. The van der Waals surface area contributed by atoms with Gasteiger partial charge in [-0.1, -0.05) is 0 Å². The van der Waals surface area contributed by atoms with Crippen molar-refractivity contribution in [2.24, 2.45) is 5.73 Å². The first-order chi connectivity index (χ1) is 8.06. The van der Waals surface area contributed by atoms with E-state index in [0.29, 0.717) is 6.04 Å². The first-order valence-corrected chi connectivity index (χ1v) is 7.65. The molecule has 17 heavy (non-hydrogen) atoms. The fourth-order valence-electron chi connectivity index (χ4n) is 2.32. The van der Waals surface area contributed by atoms with Gasteiger partial charge in [-0.3, -0.25) is 4.79 Å². The van der Waals surface area contributed by atoms with Gasteiger partial charge < -0.3 is 15.5 Å². The van der Waals surface area contributed by atoms with Crippen LogP contribution < -0.4 is 5.73 Å². The average molecular weight is 259 g/mol. The van der Waals surface area contributed by atoms with Crippen LogP contribution in [-0.2, 0) is 4.79 Å². The molecular formula is C12H25N3OS. The normalized spacial score (nSPS) is 22.2. The molecule has 1 aliphatic rings. The maximum atomic E-state index is 12.2. The van der Waals surface area contributed by atoms with Crippen LogP contribution in [0, 0.1) is 0 Å². The van der Waals surface area contributed by atoms with E-state index in [1.165, 1.54) is 0 Å². The van der Waals surface area contributed by atoms with Crippen LogP contribution in [0.4, 0.5) is 0 Å². The van der Waals surface area contributed by atoms with Crippen molar-refractivity contribution in [2.75, 3.05) is 39.2 Å². The zero-order valence-corrected chi connectivity index (χ0v) is 12.0. The van der Waals surface area contributed by atoms with Gasteiger partial charge in [0.1, 0.15) is 0 Å². The van der Waals surface area contributed by atoms with Gasteiger partial charge in [0.05, 0.1) is 6.04 Å². The van der Waals surface area contributed by atoms with Crippen molar-refractivity contribution >= 4 is 17.7 Å². The summed E-state index contributed by atoms with van der Waals surface area (Å²) >= 11 is 1.74. The summed E-state index contributed by atoms with van der Waals surface area (Å²) in [5.74, 6) is 1.10. The Morgan fingerprint density at radius 1 is 1.59 bits per heavy atom. The van der Waals surface area contributed by atoms with Gasteiger partial charge in [-0.2, -0.15) is 11.8 Å². The number of carbonyl (C=O) groups excluding carboxylic acids is 1. The lowest BCUT2D eigenvalue weighted by Gasteiger charge is -2.29. The quantitative estimate of drug-likeness (QED) is 0.760. The highest BCUT2D eigenvalue weighted by Gasteiger charge is 2.31. The Morgan fingerprint density at radius 2 is 2.29 bits per heavy atom. The number of thioether (sulfide) groups is 1. The summed E-state index contributed by atoms with van der Waals surface area (Å²) < 4.78 is 0. The molecule has 2 N–H and O–H groups in total. The first kappa shape index (κ1) is 14.8. The smallest absolute Gasteiger partial charge is 0.239 e. The van der Waals surface area contributed by atoms with Crippen LogP contribution in [0.2, 0.25) is 0 Å². The number of amides is 1. The molecule has 0 aromatic heterocycles. The largest absolute Gasteiger partial charge is 0.337 e. The molecule has 1 amide bonds. The Kier molecular flexibility index (Phi) is 6.30. The Hall–Kier alpha value is -0.260. The van der Waals surface area contributed by atoms with Gasteiger partial charge in [-0.25, -0.2) is 0 Å². The topological polar surface area (TPSA) is 49.6 Å². The van der Waals surface area contributed by atoms with Crippen molar-refractivity contribution < 1.29 is 4.79 Å². The zero-order chi connectivity index (χ0) is 12.8. The minimum absolute atomic E-state index is 0.142. The molecule has 1 aliphatic heterocycles. The Labute approximate surface area is 109 Å². The minimum Gasteiger partial charge on any atom is -0.337 e. The lowest BCUT2D eigenvalue weighted by atomic mass is 10.1. The van der Waals surface area contributed by atoms with Crippen molar-refractivity contribution in [3.63, 3.8) is 0 Å². The minimum atomic E-state index is -0.315. The van der Waals surface area contributed by atoms with E-state index in [4.69, 9.17) is 5.73 Å². The van der Waals surface area contributed by atoms with E-state index in [1.807, 2.05) is 11.2 Å². The standard InChI is InChI=1S/C12H25N3OS/c1-14(2)9-10-5-4-7-15(10)12(16)11(13)6-8-17-3/h10-11H,4-9,13H2,1-3H3/t10?,11-/m0/s1. The summed E-state index contributed by atoms with van der Waals surface area (Å²) in [5.41, 5.74) is 5.96. The van der Waals surface area contributed by atoms with Crippen molar-refractivity contribution in [3.8, 4) is 0 Å². The SMILES string of the molecule is CSCC[C@H](N)C(=O)N1CCCC1CN(C)C. The second-order valence-electron chi connectivity index (χ2n) is 4.98. The molecule has 0 radical (unpaired) electrons. The number of hydrogen-bond donors (Lipinski definition) is 1. The average Bonchev–Trinajstić information content (AvgIpc) is 2.71. The molecule has 1 fully saturated rings. The van der Waals surface area contributed by atoms with E-state index in [0.717, 1.165) is 38.1 Å². The van der Waals surface area contributed by atoms with Gasteiger partial charge in [0.2, 0.25) is 5.91 Å². The van der Waals surface area contributed by atoms with Crippen molar-refractivity contribution in [3.05, 3.63) is 0 Å². The third-order valence-corrected chi connectivity index (χ3v) is 3.83. The van der Waals surface area contributed by atoms with Crippen LogP contribution in [0.1, 0.15) is 19.3 Å². The van der Waals surface area contributed by atoms with Crippen molar-refractivity contribution in [1.29, 1.82) is 0 Å². The molecule has 1 rings (SSSR count).